The monoisotopic (exact) mass is 447 g/mol. The molecule has 0 aliphatic rings. The van der Waals surface area contributed by atoms with Gasteiger partial charge in [0.1, 0.15) is 36.6 Å². The molecular weight excluding hydrogens is 418 g/mol. The lowest BCUT2D eigenvalue weighted by atomic mass is 10.0. The number of carbonyl (C=O) groups excluding carboxylic acids is 2. The van der Waals surface area contributed by atoms with E-state index in [2.05, 4.69) is 5.32 Å². The first-order chi connectivity index (χ1) is 15.8. The Kier molecular flexibility index (Phi) is 8.08. The van der Waals surface area contributed by atoms with E-state index in [9.17, 15) is 9.59 Å². The molecule has 6 nitrogen and oxygen atoms in total. The second kappa shape index (κ2) is 11.2. The Morgan fingerprint density at radius 1 is 0.939 bits per heavy atom. The van der Waals surface area contributed by atoms with Gasteiger partial charge in [-0.05, 0) is 56.2 Å². The van der Waals surface area contributed by atoms with Gasteiger partial charge in [0.2, 0.25) is 0 Å². The van der Waals surface area contributed by atoms with Crippen LogP contribution in [0.1, 0.15) is 36.7 Å². The summed E-state index contributed by atoms with van der Waals surface area (Å²) in [6, 6.07) is 22.9. The summed E-state index contributed by atoms with van der Waals surface area (Å²) in [7, 11) is 0. The summed E-state index contributed by atoms with van der Waals surface area (Å²) in [6.45, 7) is 6.34. The van der Waals surface area contributed by atoms with Crippen molar-refractivity contribution >= 4 is 12.4 Å². The molecule has 0 atom stereocenters. The summed E-state index contributed by atoms with van der Waals surface area (Å²) in [4.78, 5) is 23.3. The molecule has 0 aromatic heterocycles. The zero-order valence-corrected chi connectivity index (χ0v) is 19.2. The number of amides is 1. The lowest BCUT2D eigenvalue weighted by Gasteiger charge is -2.19. The van der Waals surface area contributed by atoms with Gasteiger partial charge in [-0.15, -0.1) is 0 Å². The molecule has 0 spiro atoms. The van der Waals surface area contributed by atoms with Gasteiger partial charge in [0, 0.05) is 11.1 Å². The highest BCUT2D eigenvalue weighted by Gasteiger charge is 2.15. The first-order valence-electron chi connectivity index (χ1n) is 10.8. The number of ether oxygens (including phenoxy) is 3. The first-order valence-corrected chi connectivity index (χ1v) is 10.8. The lowest BCUT2D eigenvalue weighted by Crippen LogP contribution is -2.34. The topological polar surface area (TPSA) is 73.9 Å². The number of para-hydroxylation sites is 1. The Hall–Kier alpha value is -3.80. The molecule has 0 unspecified atom stereocenters. The van der Waals surface area contributed by atoms with Crippen LogP contribution in [0.25, 0.3) is 11.1 Å². The largest absolute Gasteiger partial charge is 0.492 e. The smallest absolute Gasteiger partial charge is 0.407 e. The van der Waals surface area contributed by atoms with Crippen LogP contribution < -0.4 is 14.8 Å². The lowest BCUT2D eigenvalue weighted by molar-refractivity contribution is 0.0520. The van der Waals surface area contributed by atoms with Crippen LogP contribution in [-0.4, -0.2) is 31.1 Å². The van der Waals surface area contributed by atoms with Crippen molar-refractivity contribution in [2.24, 2.45) is 0 Å². The average Bonchev–Trinajstić information content (AvgIpc) is 2.80. The van der Waals surface area contributed by atoms with Crippen molar-refractivity contribution in [2.75, 3.05) is 13.2 Å². The van der Waals surface area contributed by atoms with Crippen LogP contribution in [0.2, 0.25) is 0 Å². The van der Waals surface area contributed by atoms with Gasteiger partial charge < -0.3 is 19.5 Å². The van der Waals surface area contributed by atoms with E-state index in [-0.39, 0.29) is 13.2 Å². The van der Waals surface area contributed by atoms with Gasteiger partial charge in [-0.25, -0.2) is 4.79 Å². The molecule has 6 heteroatoms. The molecule has 0 saturated heterocycles. The van der Waals surface area contributed by atoms with E-state index in [1.54, 1.807) is 32.9 Å². The molecule has 0 aliphatic carbocycles. The minimum atomic E-state index is -0.561. The Balaban J connectivity index is 1.69. The van der Waals surface area contributed by atoms with Crippen LogP contribution in [0.3, 0.4) is 0 Å². The molecule has 0 fully saturated rings. The minimum Gasteiger partial charge on any atom is -0.492 e. The number of benzene rings is 3. The van der Waals surface area contributed by atoms with E-state index in [1.165, 1.54) is 0 Å². The van der Waals surface area contributed by atoms with E-state index >= 15 is 0 Å². The molecule has 33 heavy (non-hydrogen) atoms. The van der Waals surface area contributed by atoms with Crippen LogP contribution in [0.4, 0.5) is 4.79 Å². The molecule has 0 saturated carbocycles. The Bertz CT molecular complexity index is 1070. The van der Waals surface area contributed by atoms with Crippen molar-refractivity contribution in [2.45, 2.75) is 33.0 Å². The third kappa shape index (κ3) is 7.68. The molecule has 1 amide bonds. The normalized spacial score (nSPS) is 10.9. The predicted octanol–water partition coefficient (Wildman–Crippen LogP) is 5.65. The number of aldehydes is 1. The van der Waals surface area contributed by atoms with Crippen molar-refractivity contribution < 1.29 is 23.8 Å². The summed E-state index contributed by atoms with van der Waals surface area (Å²) in [5.74, 6) is 1.24. The van der Waals surface area contributed by atoms with Gasteiger partial charge >= 0.3 is 6.09 Å². The zero-order chi connectivity index (χ0) is 23.7. The van der Waals surface area contributed by atoms with Gasteiger partial charge in [0.15, 0.2) is 0 Å². The number of rotatable bonds is 9. The van der Waals surface area contributed by atoms with E-state index < -0.39 is 11.7 Å². The summed E-state index contributed by atoms with van der Waals surface area (Å²) in [5, 5.41) is 2.65. The van der Waals surface area contributed by atoms with Crippen molar-refractivity contribution in [1.82, 2.24) is 5.32 Å². The van der Waals surface area contributed by atoms with E-state index in [0.717, 1.165) is 23.0 Å². The van der Waals surface area contributed by atoms with E-state index in [1.807, 2.05) is 60.7 Å². The van der Waals surface area contributed by atoms with Gasteiger partial charge in [0.25, 0.3) is 0 Å². The molecule has 0 radical (unpaired) electrons. The number of alkyl carbamates (subject to hydrolysis) is 1. The minimum absolute atomic E-state index is 0.229. The molecule has 1 N–H and O–H groups in total. The number of nitrogens with one attached hydrogen (secondary N) is 1. The molecular formula is C27H29NO5. The first kappa shape index (κ1) is 23.9. The fraction of sp³-hybridized carbons (Fsp3) is 0.259. The molecule has 3 rings (SSSR count). The van der Waals surface area contributed by atoms with E-state index in [4.69, 9.17) is 14.2 Å². The third-order valence-electron chi connectivity index (χ3n) is 4.54. The summed E-state index contributed by atoms with van der Waals surface area (Å²) < 4.78 is 17.1. The van der Waals surface area contributed by atoms with E-state index in [0.29, 0.717) is 23.7 Å². The fourth-order valence-electron chi connectivity index (χ4n) is 3.13. The summed E-state index contributed by atoms with van der Waals surface area (Å²) in [5.41, 5.74) is 2.65. The second-order valence-corrected chi connectivity index (χ2v) is 8.46. The maximum Gasteiger partial charge on any atom is 0.407 e. The third-order valence-corrected chi connectivity index (χ3v) is 4.54. The summed E-state index contributed by atoms with van der Waals surface area (Å²) >= 11 is 0. The van der Waals surface area contributed by atoms with Crippen molar-refractivity contribution in [3.05, 3.63) is 83.9 Å². The summed E-state index contributed by atoms with van der Waals surface area (Å²) in [6.07, 6.45) is 0.279. The highest BCUT2D eigenvalue weighted by Crippen LogP contribution is 2.33. The number of carbonyl (C=O) groups is 2. The molecule has 3 aromatic rings. The second-order valence-electron chi connectivity index (χ2n) is 8.46. The zero-order valence-electron chi connectivity index (χ0n) is 19.2. The Labute approximate surface area is 194 Å². The number of hydrogen-bond donors (Lipinski definition) is 1. The molecule has 0 aliphatic heterocycles. The van der Waals surface area contributed by atoms with Gasteiger partial charge in [-0.1, -0.05) is 48.5 Å². The standard InChI is InChI=1S/C27H29NO5/c1-27(2,3)33-26(30)28-13-14-31-23-16-21(18-29)15-22(17-23)24-11-7-8-12-25(24)32-19-20-9-5-4-6-10-20/h4-12,15-18H,13-14,19H2,1-3H3,(H,28,30). The van der Waals surface area contributed by atoms with Gasteiger partial charge in [-0.3, -0.25) is 4.79 Å². The van der Waals surface area contributed by atoms with Gasteiger partial charge in [0.05, 0.1) is 6.54 Å². The fourth-order valence-corrected chi connectivity index (χ4v) is 3.13. The predicted molar refractivity (Wildman–Crippen MR) is 128 cm³/mol. The van der Waals surface area contributed by atoms with Crippen molar-refractivity contribution in [3.63, 3.8) is 0 Å². The van der Waals surface area contributed by atoms with Crippen molar-refractivity contribution in [3.8, 4) is 22.6 Å². The maximum absolute atomic E-state index is 11.8. The van der Waals surface area contributed by atoms with Crippen LogP contribution >= 0.6 is 0 Å². The maximum atomic E-state index is 11.8. The SMILES string of the molecule is CC(C)(C)OC(=O)NCCOc1cc(C=O)cc(-c2ccccc2OCc2ccccc2)c1. The molecule has 3 aromatic carbocycles. The van der Waals surface area contributed by atoms with Crippen LogP contribution in [0.15, 0.2) is 72.8 Å². The van der Waals surface area contributed by atoms with Crippen LogP contribution in [0.5, 0.6) is 11.5 Å². The molecule has 172 valence electrons. The number of hydrogen-bond acceptors (Lipinski definition) is 5. The van der Waals surface area contributed by atoms with Crippen molar-refractivity contribution in [1.29, 1.82) is 0 Å². The highest BCUT2D eigenvalue weighted by molar-refractivity contribution is 5.82. The quantitative estimate of drug-likeness (QED) is 0.339. The van der Waals surface area contributed by atoms with Gasteiger partial charge in [-0.2, -0.15) is 0 Å². The van der Waals surface area contributed by atoms with Crippen LogP contribution in [0, 0.1) is 0 Å². The highest BCUT2D eigenvalue weighted by atomic mass is 16.6. The average molecular weight is 448 g/mol. The molecule has 0 bridgehead atoms. The molecule has 0 heterocycles. The Morgan fingerprint density at radius 3 is 2.39 bits per heavy atom. The van der Waals surface area contributed by atoms with Crippen LogP contribution in [-0.2, 0) is 11.3 Å². The Morgan fingerprint density at radius 2 is 1.67 bits per heavy atom.